The molecule has 3 heteroatoms. The maximum absolute atomic E-state index is 10.7. The molecule has 0 radical (unpaired) electrons. The van der Waals surface area contributed by atoms with Crippen LogP contribution in [0.25, 0.3) is 0 Å². The zero-order valence-electron chi connectivity index (χ0n) is 4.50. The van der Waals surface area contributed by atoms with Gasteiger partial charge in [-0.2, -0.15) is 0 Å². The van der Waals surface area contributed by atoms with Gasteiger partial charge >= 0.3 is 0 Å². The van der Waals surface area contributed by atoms with Gasteiger partial charge in [0.1, 0.15) is 0 Å². The summed E-state index contributed by atoms with van der Waals surface area (Å²) in [5, 5.41) is 0. The summed E-state index contributed by atoms with van der Waals surface area (Å²) in [5.74, 6) is 2.11. The van der Waals surface area contributed by atoms with Gasteiger partial charge in [0.25, 0.3) is 0 Å². The van der Waals surface area contributed by atoms with Crippen LogP contribution in [0.4, 0.5) is 0 Å². The molecule has 2 nitrogen and oxygen atoms in total. The molecule has 8 heavy (non-hydrogen) atoms. The molecule has 2 aliphatic rings. The Bertz CT molecular complexity index is 188. The first-order chi connectivity index (χ1) is 3.67. The summed E-state index contributed by atoms with van der Waals surface area (Å²) in [6.07, 6.45) is 1.18. The van der Waals surface area contributed by atoms with Crippen LogP contribution < -0.4 is 0 Å². The molecule has 0 amide bonds. The third-order valence-corrected chi connectivity index (χ3v) is 3.88. The highest BCUT2D eigenvalue weighted by Crippen LogP contribution is 2.46. The van der Waals surface area contributed by atoms with Crippen LogP contribution in [0.3, 0.4) is 0 Å². The van der Waals surface area contributed by atoms with Crippen molar-refractivity contribution in [1.82, 2.24) is 0 Å². The van der Waals surface area contributed by atoms with Crippen LogP contribution in [-0.4, -0.2) is 19.9 Å². The summed E-state index contributed by atoms with van der Waals surface area (Å²) in [4.78, 5) is 0. The smallest absolute Gasteiger partial charge is 0.150 e. The predicted molar refractivity (Wildman–Crippen MR) is 30.3 cm³/mol. The van der Waals surface area contributed by atoms with E-state index in [9.17, 15) is 8.42 Å². The number of sulfone groups is 1. The third-order valence-electron chi connectivity index (χ3n) is 2.01. The van der Waals surface area contributed by atoms with E-state index < -0.39 is 9.84 Å². The fourth-order valence-electron chi connectivity index (χ4n) is 1.44. The van der Waals surface area contributed by atoms with Crippen molar-refractivity contribution in [2.24, 2.45) is 11.8 Å². The topological polar surface area (TPSA) is 34.1 Å². The standard InChI is InChI=1S/C5H8O2S/c6-8(7)2-4-1-5(4)3-8/h4-5H,1-3H2. The molecular formula is C5H8O2S. The second kappa shape index (κ2) is 1.10. The summed E-state index contributed by atoms with van der Waals surface area (Å²) in [7, 11) is -2.55. The summed E-state index contributed by atoms with van der Waals surface area (Å²) in [6.45, 7) is 0. The highest BCUT2D eigenvalue weighted by molar-refractivity contribution is 7.91. The van der Waals surface area contributed by atoms with E-state index in [1.807, 2.05) is 0 Å². The van der Waals surface area contributed by atoms with Crippen molar-refractivity contribution in [2.45, 2.75) is 6.42 Å². The molecule has 2 atom stereocenters. The van der Waals surface area contributed by atoms with Crippen LogP contribution in [0, 0.1) is 11.8 Å². The van der Waals surface area contributed by atoms with Crippen LogP contribution in [0.5, 0.6) is 0 Å². The van der Waals surface area contributed by atoms with Crippen molar-refractivity contribution in [1.29, 1.82) is 0 Å². The Morgan fingerprint density at radius 3 is 1.88 bits per heavy atom. The van der Waals surface area contributed by atoms with Gasteiger partial charge < -0.3 is 0 Å². The van der Waals surface area contributed by atoms with Crippen LogP contribution in [0.15, 0.2) is 0 Å². The second-order valence-corrected chi connectivity index (χ2v) is 4.99. The lowest BCUT2D eigenvalue weighted by molar-refractivity contribution is 0.598. The molecule has 0 aromatic rings. The van der Waals surface area contributed by atoms with Crippen molar-refractivity contribution >= 4 is 9.84 Å². The summed E-state index contributed by atoms with van der Waals surface area (Å²) in [5.41, 5.74) is 0. The van der Waals surface area contributed by atoms with Gasteiger partial charge in [-0.3, -0.25) is 0 Å². The number of fused-ring (bicyclic) bond motifs is 1. The van der Waals surface area contributed by atoms with Gasteiger partial charge in [0, 0.05) is 0 Å². The Balaban J connectivity index is 2.30. The number of hydrogen-bond acceptors (Lipinski definition) is 2. The van der Waals surface area contributed by atoms with Crippen LogP contribution in [0.1, 0.15) is 6.42 Å². The third kappa shape index (κ3) is 0.573. The number of hydrogen-bond donors (Lipinski definition) is 0. The van der Waals surface area contributed by atoms with Crippen molar-refractivity contribution in [3.05, 3.63) is 0 Å². The molecular weight excluding hydrogens is 124 g/mol. The molecule has 0 bridgehead atoms. The molecule has 1 saturated heterocycles. The normalized spacial score (nSPS) is 48.5. The Morgan fingerprint density at radius 2 is 1.62 bits per heavy atom. The first kappa shape index (κ1) is 4.79. The molecule has 2 fully saturated rings. The average Bonchev–Trinajstić information content (AvgIpc) is 2.11. The fourth-order valence-corrected chi connectivity index (χ4v) is 3.70. The second-order valence-electron chi connectivity index (χ2n) is 2.83. The van der Waals surface area contributed by atoms with Gasteiger partial charge in [-0.25, -0.2) is 8.42 Å². The van der Waals surface area contributed by atoms with Gasteiger partial charge in [0.15, 0.2) is 9.84 Å². The van der Waals surface area contributed by atoms with Crippen LogP contribution >= 0.6 is 0 Å². The van der Waals surface area contributed by atoms with E-state index in [1.165, 1.54) is 6.42 Å². The molecule has 46 valence electrons. The Labute approximate surface area is 48.8 Å². The molecule has 1 heterocycles. The first-order valence-electron chi connectivity index (χ1n) is 2.88. The van der Waals surface area contributed by atoms with Gasteiger partial charge in [-0.05, 0) is 18.3 Å². The largest absolute Gasteiger partial charge is 0.229 e. The summed E-state index contributed by atoms with van der Waals surface area (Å²) in [6, 6.07) is 0. The maximum atomic E-state index is 10.7. The van der Waals surface area contributed by atoms with Crippen molar-refractivity contribution in [3.8, 4) is 0 Å². The minimum absolute atomic E-state index is 0.484. The van der Waals surface area contributed by atoms with E-state index in [1.54, 1.807) is 0 Å². The predicted octanol–water partition coefficient (Wildman–Crippen LogP) is 0.0509. The Hall–Kier alpha value is -0.0500. The van der Waals surface area contributed by atoms with Crippen molar-refractivity contribution in [2.75, 3.05) is 11.5 Å². The summed E-state index contributed by atoms with van der Waals surface area (Å²) < 4.78 is 21.3. The lowest BCUT2D eigenvalue weighted by Gasteiger charge is -1.89. The van der Waals surface area contributed by atoms with Gasteiger partial charge in [-0.15, -0.1) is 0 Å². The van der Waals surface area contributed by atoms with Gasteiger partial charge in [0.05, 0.1) is 11.5 Å². The van der Waals surface area contributed by atoms with Crippen LogP contribution in [0.2, 0.25) is 0 Å². The first-order valence-corrected chi connectivity index (χ1v) is 4.70. The zero-order chi connectivity index (χ0) is 5.78. The molecule has 2 unspecified atom stereocenters. The molecule has 0 spiro atoms. The molecule has 0 N–H and O–H groups in total. The van der Waals surface area contributed by atoms with Gasteiger partial charge in [0.2, 0.25) is 0 Å². The monoisotopic (exact) mass is 132 g/mol. The van der Waals surface area contributed by atoms with E-state index in [-0.39, 0.29) is 0 Å². The lowest BCUT2D eigenvalue weighted by Crippen LogP contribution is -2.04. The Kier molecular flexibility index (Phi) is 0.660. The average molecular weight is 132 g/mol. The van der Waals surface area contributed by atoms with E-state index >= 15 is 0 Å². The lowest BCUT2D eigenvalue weighted by atomic mass is 10.4. The van der Waals surface area contributed by atoms with E-state index in [0.717, 1.165) is 0 Å². The van der Waals surface area contributed by atoms with E-state index in [0.29, 0.717) is 23.3 Å². The molecule has 1 saturated carbocycles. The molecule has 1 aliphatic carbocycles. The van der Waals surface area contributed by atoms with Crippen LogP contribution in [-0.2, 0) is 9.84 Å². The van der Waals surface area contributed by atoms with E-state index in [4.69, 9.17) is 0 Å². The fraction of sp³-hybridized carbons (Fsp3) is 1.00. The molecule has 0 aromatic heterocycles. The quantitative estimate of drug-likeness (QED) is 0.466. The highest BCUT2D eigenvalue weighted by Gasteiger charge is 2.48. The van der Waals surface area contributed by atoms with Crippen molar-refractivity contribution in [3.63, 3.8) is 0 Å². The van der Waals surface area contributed by atoms with Crippen molar-refractivity contribution < 1.29 is 8.42 Å². The number of rotatable bonds is 0. The highest BCUT2D eigenvalue weighted by atomic mass is 32.2. The molecule has 0 aromatic carbocycles. The maximum Gasteiger partial charge on any atom is 0.150 e. The zero-order valence-corrected chi connectivity index (χ0v) is 5.32. The molecule has 2 rings (SSSR count). The molecule has 1 aliphatic heterocycles. The van der Waals surface area contributed by atoms with Gasteiger partial charge in [-0.1, -0.05) is 0 Å². The van der Waals surface area contributed by atoms with E-state index in [2.05, 4.69) is 0 Å². The minimum atomic E-state index is -2.55. The SMILES string of the molecule is O=S1(=O)CC2CC2C1. The minimum Gasteiger partial charge on any atom is -0.229 e. The summed E-state index contributed by atoms with van der Waals surface area (Å²) >= 11 is 0. The Morgan fingerprint density at radius 1 is 1.12 bits per heavy atom.